The molecule has 134 valence electrons. The number of benzene rings is 2. The highest BCUT2D eigenvalue weighted by Crippen LogP contribution is 2.30. The van der Waals surface area contributed by atoms with Gasteiger partial charge in [-0.25, -0.2) is 4.79 Å². The number of carbonyl (C=O) groups is 2. The Morgan fingerprint density at radius 2 is 1.73 bits per heavy atom. The number of methoxy groups -OCH3 is 2. The molecule has 1 N–H and O–H groups in total. The lowest BCUT2D eigenvalue weighted by Crippen LogP contribution is -2.40. The van der Waals surface area contributed by atoms with Crippen LogP contribution < -0.4 is 14.8 Å². The van der Waals surface area contributed by atoms with Gasteiger partial charge in [-0.2, -0.15) is 5.10 Å². The fourth-order valence-electron chi connectivity index (χ4n) is 2.74. The molecule has 7 heteroatoms. The van der Waals surface area contributed by atoms with Gasteiger partial charge in [0.2, 0.25) is 0 Å². The Morgan fingerprint density at radius 1 is 1.04 bits per heavy atom. The summed E-state index contributed by atoms with van der Waals surface area (Å²) >= 11 is 0. The molecular formula is C19H19N3O4. The zero-order valence-electron chi connectivity index (χ0n) is 14.7. The predicted molar refractivity (Wildman–Crippen MR) is 96.3 cm³/mol. The lowest BCUT2D eigenvalue weighted by molar-refractivity contribution is -0.131. The second-order valence-corrected chi connectivity index (χ2v) is 5.89. The number of rotatable bonds is 5. The van der Waals surface area contributed by atoms with Gasteiger partial charge in [0.05, 0.1) is 20.4 Å². The summed E-state index contributed by atoms with van der Waals surface area (Å²) in [5.74, 6) is 0.806. The molecule has 2 aromatic rings. The van der Waals surface area contributed by atoms with Crippen LogP contribution in [0.3, 0.4) is 0 Å². The number of hydrogen-bond acceptors (Lipinski definition) is 5. The number of nitrogens with zero attached hydrogens (tertiary/aromatic N) is 2. The van der Waals surface area contributed by atoms with Crippen LogP contribution >= 0.6 is 0 Å². The summed E-state index contributed by atoms with van der Waals surface area (Å²) in [5, 5.41) is 7.59. The number of imide groups is 1. The highest BCUT2D eigenvalue weighted by Gasteiger charge is 2.49. The van der Waals surface area contributed by atoms with Crippen molar-refractivity contribution in [3.05, 3.63) is 59.7 Å². The molecule has 2 aromatic carbocycles. The van der Waals surface area contributed by atoms with Gasteiger partial charge in [0, 0.05) is 5.56 Å². The van der Waals surface area contributed by atoms with Crippen LogP contribution in [-0.2, 0) is 10.3 Å². The van der Waals surface area contributed by atoms with Gasteiger partial charge in [0.15, 0.2) is 0 Å². The summed E-state index contributed by atoms with van der Waals surface area (Å²) in [4.78, 5) is 25.1. The summed E-state index contributed by atoms with van der Waals surface area (Å²) in [5.41, 5.74) is 0.113. The summed E-state index contributed by atoms with van der Waals surface area (Å²) in [6.07, 6.45) is 1.43. The second-order valence-electron chi connectivity index (χ2n) is 5.89. The first-order valence-corrected chi connectivity index (χ1v) is 7.98. The maximum absolute atomic E-state index is 12.8. The molecule has 1 heterocycles. The maximum atomic E-state index is 12.8. The van der Waals surface area contributed by atoms with E-state index in [1.807, 2.05) is 12.1 Å². The Hall–Kier alpha value is -3.35. The molecule has 1 atom stereocenters. The van der Waals surface area contributed by atoms with Crippen molar-refractivity contribution in [3.8, 4) is 11.5 Å². The predicted octanol–water partition coefficient (Wildman–Crippen LogP) is 2.50. The van der Waals surface area contributed by atoms with Gasteiger partial charge in [-0.05, 0) is 36.8 Å². The summed E-state index contributed by atoms with van der Waals surface area (Å²) < 4.78 is 10.4. The van der Waals surface area contributed by atoms with Crippen LogP contribution in [0.1, 0.15) is 18.1 Å². The molecule has 0 saturated carbocycles. The van der Waals surface area contributed by atoms with Crippen LogP contribution in [0.25, 0.3) is 0 Å². The first-order chi connectivity index (χ1) is 12.5. The molecule has 1 aliphatic rings. The molecule has 3 amide bonds. The molecule has 0 aromatic heterocycles. The largest absolute Gasteiger partial charge is 0.497 e. The van der Waals surface area contributed by atoms with Crippen LogP contribution in [0, 0.1) is 0 Å². The van der Waals surface area contributed by atoms with Gasteiger partial charge in [-0.15, -0.1) is 5.01 Å². The number of carbonyl (C=O) groups excluding carboxylic acids is 2. The Balaban J connectivity index is 1.87. The van der Waals surface area contributed by atoms with E-state index in [9.17, 15) is 9.59 Å². The number of hydrogen-bond donors (Lipinski definition) is 1. The summed E-state index contributed by atoms with van der Waals surface area (Å²) in [7, 11) is 3.11. The third kappa shape index (κ3) is 2.99. The van der Waals surface area contributed by atoms with Gasteiger partial charge < -0.3 is 14.8 Å². The van der Waals surface area contributed by atoms with Gasteiger partial charge in [-0.3, -0.25) is 4.79 Å². The number of hydrazone groups is 1. The van der Waals surface area contributed by atoms with Crippen molar-refractivity contribution in [2.75, 3.05) is 14.2 Å². The molecule has 0 spiro atoms. The van der Waals surface area contributed by atoms with Crippen LogP contribution in [-0.4, -0.2) is 37.4 Å². The molecule has 1 saturated heterocycles. The first kappa shape index (κ1) is 17.5. The van der Waals surface area contributed by atoms with Crippen molar-refractivity contribution in [2.45, 2.75) is 12.5 Å². The molecule has 0 unspecified atom stereocenters. The smallest absolute Gasteiger partial charge is 0.346 e. The molecule has 0 aliphatic carbocycles. The molecule has 0 bridgehead atoms. The van der Waals surface area contributed by atoms with Crippen molar-refractivity contribution >= 4 is 18.2 Å². The van der Waals surface area contributed by atoms with E-state index >= 15 is 0 Å². The minimum Gasteiger partial charge on any atom is -0.497 e. The highest BCUT2D eigenvalue weighted by molar-refractivity contribution is 6.07. The minimum absolute atomic E-state index is 0.459. The van der Waals surface area contributed by atoms with E-state index in [1.165, 1.54) is 6.21 Å². The molecule has 0 radical (unpaired) electrons. The Kier molecular flexibility index (Phi) is 4.62. The highest BCUT2D eigenvalue weighted by atomic mass is 16.5. The van der Waals surface area contributed by atoms with E-state index in [-0.39, 0.29) is 0 Å². The third-order valence-corrected chi connectivity index (χ3v) is 4.29. The average Bonchev–Trinajstić information content (AvgIpc) is 2.89. The van der Waals surface area contributed by atoms with E-state index in [0.29, 0.717) is 22.6 Å². The Bertz CT molecular complexity index is 863. The average molecular weight is 353 g/mol. The second kappa shape index (κ2) is 6.87. The first-order valence-electron chi connectivity index (χ1n) is 7.98. The Morgan fingerprint density at radius 3 is 2.38 bits per heavy atom. The van der Waals surface area contributed by atoms with Gasteiger partial charge in [0.1, 0.15) is 17.0 Å². The summed E-state index contributed by atoms with van der Waals surface area (Å²) in [6, 6.07) is 13.6. The number of nitrogens with one attached hydrogen (secondary N) is 1. The van der Waals surface area contributed by atoms with Crippen LogP contribution in [0.15, 0.2) is 53.6 Å². The SMILES string of the molecule is COc1ccc([C@]2(C)NC(=O)N(/N=C\c3ccccc3OC)C2=O)cc1. The van der Waals surface area contributed by atoms with E-state index in [1.54, 1.807) is 57.5 Å². The zero-order valence-corrected chi connectivity index (χ0v) is 14.7. The fourth-order valence-corrected chi connectivity index (χ4v) is 2.74. The van der Waals surface area contributed by atoms with Crippen LogP contribution in [0.2, 0.25) is 0 Å². The molecular weight excluding hydrogens is 334 g/mol. The molecule has 3 rings (SSSR count). The van der Waals surface area contributed by atoms with Gasteiger partial charge >= 0.3 is 6.03 Å². The molecule has 26 heavy (non-hydrogen) atoms. The van der Waals surface area contributed by atoms with Crippen molar-refractivity contribution in [1.82, 2.24) is 10.3 Å². The van der Waals surface area contributed by atoms with E-state index in [2.05, 4.69) is 10.4 Å². The van der Waals surface area contributed by atoms with Crippen molar-refractivity contribution in [2.24, 2.45) is 5.10 Å². The summed E-state index contributed by atoms with van der Waals surface area (Å²) in [6.45, 7) is 1.65. The fraction of sp³-hybridized carbons (Fsp3) is 0.211. The topological polar surface area (TPSA) is 80.2 Å². The number of para-hydroxylation sites is 1. The monoisotopic (exact) mass is 353 g/mol. The van der Waals surface area contributed by atoms with Crippen LogP contribution in [0.4, 0.5) is 4.79 Å². The zero-order chi connectivity index (χ0) is 18.7. The van der Waals surface area contributed by atoms with Crippen molar-refractivity contribution < 1.29 is 19.1 Å². The van der Waals surface area contributed by atoms with Gasteiger partial charge in [0.25, 0.3) is 5.91 Å². The number of urea groups is 1. The third-order valence-electron chi connectivity index (χ3n) is 4.29. The van der Waals surface area contributed by atoms with Gasteiger partial charge in [-0.1, -0.05) is 24.3 Å². The number of amides is 3. The molecule has 1 aliphatic heterocycles. The maximum Gasteiger partial charge on any atom is 0.346 e. The Labute approximate surface area is 151 Å². The molecule has 1 fully saturated rings. The molecule has 7 nitrogen and oxygen atoms in total. The van der Waals surface area contributed by atoms with Crippen molar-refractivity contribution in [3.63, 3.8) is 0 Å². The van der Waals surface area contributed by atoms with E-state index in [4.69, 9.17) is 9.47 Å². The lowest BCUT2D eigenvalue weighted by Gasteiger charge is -2.21. The number of ether oxygens (including phenoxy) is 2. The van der Waals surface area contributed by atoms with Crippen molar-refractivity contribution in [1.29, 1.82) is 0 Å². The van der Waals surface area contributed by atoms with E-state index < -0.39 is 17.5 Å². The normalized spacial score (nSPS) is 19.7. The quantitative estimate of drug-likeness (QED) is 0.662. The lowest BCUT2D eigenvalue weighted by atomic mass is 9.92. The van der Waals surface area contributed by atoms with E-state index in [0.717, 1.165) is 5.01 Å². The standard InChI is InChI=1S/C19H19N3O4/c1-19(14-8-10-15(25-2)11-9-14)17(23)22(18(24)21-19)20-12-13-6-4-5-7-16(13)26-3/h4-12H,1-3H3,(H,21,24)/b20-12-/t19-/m0/s1. The van der Waals surface area contributed by atoms with Crippen LogP contribution in [0.5, 0.6) is 11.5 Å². The minimum atomic E-state index is -1.19.